The van der Waals surface area contributed by atoms with Gasteiger partial charge in [-0.2, -0.15) is 13.2 Å². The fourth-order valence-corrected chi connectivity index (χ4v) is 3.21. The highest BCUT2D eigenvalue weighted by atomic mass is 19.4. The van der Waals surface area contributed by atoms with Gasteiger partial charge in [-0.05, 0) is 39.3 Å². The molecule has 2 unspecified atom stereocenters. The number of piperazine rings is 1. The molecule has 0 aromatic carbocycles. The zero-order chi connectivity index (χ0) is 13.2. The van der Waals surface area contributed by atoms with Gasteiger partial charge in [0, 0.05) is 31.6 Å². The van der Waals surface area contributed by atoms with Gasteiger partial charge in [0.05, 0.1) is 0 Å². The molecular formula is C13H23F3N2. The van der Waals surface area contributed by atoms with Crippen molar-refractivity contribution < 1.29 is 13.2 Å². The summed E-state index contributed by atoms with van der Waals surface area (Å²) >= 11 is 0. The Morgan fingerprint density at radius 1 is 1.17 bits per heavy atom. The van der Waals surface area contributed by atoms with Crippen molar-refractivity contribution in [2.24, 2.45) is 0 Å². The monoisotopic (exact) mass is 264 g/mol. The van der Waals surface area contributed by atoms with E-state index in [9.17, 15) is 13.2 Å². The van der Waals surface area contributed by atoms with Gasteiger partial charge in [0.1, 0.15) is 0 Å². The number of alkyl halides is 3. The summed E-state index contributed by atoms with van der Waals surface area (Å²) in [6, 6.07) is 0.980. The van der Waals surface area contributed by atoms with Crippen LogP contribution in [0.1, 0.15) is 39.0 Å². The van der Waals surface area contributed by atoms with Crippen LogP contribution >= 0.6 is 0 Å². The van der Waals surface area contributed by atoms with Crippen molar-refractivity contribution >= 4 is 0 Å². The first-order valence-electron chi connectivity index (χ1n) is 7.00. The SMILES string of the molecule is CC1CN2CCCCC2CN1CCCC(F)(F)F. The Morgan fingerprint density at radius 2 is 1.94 bits per heavy atom. The van der Waals surface area contributed by atoms with E-state index in [1.54, 1.807) is 0 Å². The van der Waals surface area contributed by atoms with Crippen LogP contribution in [0, 0.1) is 0 Å². The first-order chi connectivity index (χ1) is 8.46. The van der Waals surface area contributed by atoms with Gasteiger partial charge < -0.3 is 0 Å². The summed E-state index contributed by atoms with van der Waals surface area (Å²) in [5.41, 5.74) is 0. The minimum absolute atomic E-state index is 0.237. The third-order valence-corrected chi connectivity index (χ3v) is 4.22. The van der Waals surface area contributed by atoms with Crippen LogP contribution < -0.4 is 0 Å². The van der Waals surface area contributed by atoms with Crippen molar-refractivity contribution in [3.8, 4) is 0 Å². The minimum Gasteiger partial charge on any atom is -0.298 e. The van der Waals surface area contributed by atoms with Crippen molar-refractivity contribution in [1.29, 1.82) is 0 Å². The average molecular weight is 264 g/mol. The Kier molecular flexibility index (Phi) is 4.54. The van der Waals surface area contributed by atoms with Gasteiger partial charge in [-0.1, -0.05) is 6.42 Å². The maximum absolute atomic E-state index is 12.1. The van der Waals surface area contributed by atoms with E-state index in [0.29, 0.717) is 18.6 Å². The number of rotatable bonds is 3. The Bertz CT molecular complexity index is 267. The molecule has 2 aliphatic rings. The van der Waals surface area contributed by atoms with E-state index in [4.69, 9.17) is 0 Å². The van der Waals surface area contributed by atoms with Gasteiger partial charge in [-0.25, -0.2) is 0 Å². The van der Waals surface area contributed by atoms with Gasteiger partial charge in [0.25, 0.3) is 0 Å². The van der Waals surface area contributed by atoms with Gasteiger partial charge in [0.2, 0.25) is 0 Å². The predicted molar refractivity (Wildman–Crippen MR) is 65.5 cm³/mol. The molecule has 0 aromatic heterocycles. The second kappa shape index (κ2) is 5.78. The molecule has 2 saturated heterocycles. The van der Waals surface area contributed by atoms with E-state index in [-0.39, 0.29) is 6.42 Å². The normalized spacial score (nSPS) is 31.3. The first kappa shape index (κ1) is 14.1. The van der Waals surface area contributed by atoms with Gasteiger partial charge in [-0.15, -0.1) is 0 Å². The smallest absolute Gasteiger partial charge is 0.298 e. The van der Waals surface area contributed by atoms with Crippen molar-refractivity contribution in [1.82, 2.24) is 9.80 Å². The number of halogens is 3. The van der Waals surface area contributed by atoms with Crippen LogP contribution in [0.5, 0.6) is 0 Å². The van der Waals surface area contributed by atoms with Crippen LogP contribution in [0.3, 0.4) is 0 Å². The molecule has 2 rings (SSSR count). The van der Waals surface area contributed by atoms with E-state index in [0.717, 1.165) is 13.1 Å². The Labute approximate surface area is 107 Å². The topological polar surface area (TPSA) is 6.48 Å². The van der Waals surface area contributed by atoms with Crippen molar-refractivity contribution in [2.75, 3.05) is 26.2 Å². The molecule has 0 radical (unpaired) electrons. The summed E-state index contributed by atoms with van der Waals surface area (Å²) in [6.07, 6.45) is -0.660. The Balaban J connectivity index is 1.78. The molecule has 2 heterocycles. The summed E-state index contributed by atoms with van der Waals surface area (Å²) in [4.78, 5) is 4.77. The molecule has 0 aliphatic carbocycles. The standard InChI is InChI=1S/C13H23F3N2/c1-11-9-18-7-3-2-5-12(18)10-17(11)8-4-6-13(14,15)16/h11-12H,2-10H2,1H3. The lowest BCUT2D eigenvalue weighted by Gasteiger charge is -2.47. The third-order valence-electron chi connectivity index (χ3n) is 4.22. The maximum Gasteiger partial charge on any atom is 0.389 e. The molecule has 0 aromatic rings. The van der Waals surface area contributed by atoms with Crippen LogP contribution in [-0.4, -0.2) is 54.2 Å². The van der Waals surface area contributed by atoms with E-state index in [1.165, 1.54) is 25.8 Å². The number of nitrogens with zero attached hydrogens (tertiary/aromatic N) is 2. The number of hydrogen-bond acceptors (Lipinski definition) is 2. The molecule has 5 heteroatoms. The van der Waals surface area contributed by atoms with Gasteiger partial charge in [-0.3, -0.25) is 9.80 Å². The molecule has 0 spiro atoms. The highest BCUT2D eigenvalue weighted by molar-refractivity contribution is 4.88. The van der Waals surface area contributed by atoms with Gasteiger partial charge >= 0.3 is 6.18 Å². The fourth-order valence-electron chi connectivity index (χ4n) is 3.21. The summed E-state index contributed by atoms with van der Waals surface area (Å²) in [6.45, 7) is 5.88. The molecule has 0 N–H and O–H groups in total. The van der Waals surface area contributed by atoms with Crippen LogP contribution in [0.15, 0.2) is 0 Å². The molecule has 2 fully saturated rings. The lowest BCUT2D eigenvalue weighted by atomic mass is 9.97. The van der Waals surface area contributed by atoms with Crippen LogP contribution in [0.4, 0.5) is 13.2 Å². The number of piperidine rings is 1. The second-order valence-electron chi connectivity index (χ2n) is 5.71. The first-order valence-corrected chi connectivity index (χ1v) is 7.00. The number of hydrogen-bond donors (Lipinski definition) is 0. The lowest BCUT2D eigenvalue weighted by molar-refractivity contribution is -0.137. The van der Waals surface area contributed by atoms with E-state index >= 15 is 0 Å². The molecule has 2 nitrogen and oxygen atoms in total. The second-order valence-corrected chi connectivity index (χ2v) is 5.71. The highest BCUT2D eigenvalue weighted by Crippen LogP contribution is 2.26. The van der Waals surface area contributed by atoms with E-state index in [2.05, 4.69) is 16.7 Å². The molecule has 0 bridgehead atoms. The summed E-state index contributed by atoms with van der Waals surface area (Å²) in [5, 5.41) is 0. The fraction of sp³-hybridized carbons (Fsp3) is 1.00. The molecule has 106 valence electrons. The summed E-state index contributed by atoms with van der Waals surface area (Å²) < 4.78 is 36.4. The van der Waals surface area contributed by atoms with Crippen molar-refractivity contribution in [3.05, 3.63) is 0 Å². The Morgan fingerprint density at radius 3 is 2.67 bits per heavy atom. The molecular weight excluding hydrogens is 241 g/mol. The summed E-state index contributed by atoms with van der Waals surface area (Å²) in [5.74, 6) is 0. The molecule has 2 atom stereocenters. The van der Waals surface area contributed by atoms with Crippen molar-refractivity contribution in [2.45, 2.75) is 57.3 Å². The predicted octanol–water partition coefficient (Wildman–Crippen LogP) is 2.89. The lowest BCUT2D eigenvalue weighted by Crippen LogP contribution is -2.58. The maximum atomic E-state index is 12.1. The van der Waals surface area contributed by atoms with Gasteiger partial charge in [0.15, 0.2) is 0 Å². The molecule has 0 saturated carbocycles. The molecule has 0 amide bonds. The minimum atomic E-state index is -4.00. The quantitative estimate of drug-likeness (QED) is 0.773. The van der Waals surface area contributed by atoms with E-state index < -0.39 is 12.6 Å². The van der Waals surface area contributed by atoms with Crippen molar-refractivity contribution in [3.63, 3.8) is 0 Å². The van der Waals surface area contributed by atoms with Crippen LogP contribution in [-0.2, 0) is 0 Å². The molecule has 18 heavy (non-hydrogen) atoms. The van der Waals surface area contributed by atoms with E-state index in [1.807, 2.05) is 0 Å². The summed E-state index contributed by atoms with van der Waals surface area (Å²) in [7, 11) is 0. The number of fused-ring (bicyclic) bond motifs is 1. The van der Waals surface area contributed by atoms with Crippen LogP contribution in [0.25, 0.3) is 0 Å². The zero-order valence-corrected chi connectivity index (χ0v) is 11.0. The zero-order valence-electron chi connectivity index (χ0n) is 11.0. The average Bonchev–Trinajstić information content (AvgIpc) is 2.28. The third kappa shape index (κ3) is 3.85. The Hall–Kier alpha value is -0.290. The largest absolute Gasteiger partial charge is 0.389 e. The van der Waals surface area contributed by atoms with Crippen LogP contribution in [0.2, 0.25) is 0 Å². The highest BCUT2D eigenvalue weighted by Gasteiger charge is 2.33. The molecule has 2 aliphatic heterocycles.